The van der Waals surface area contributed by atoms with E-state index in [4.69, 9.17) is 4.74 Å². The van der Waals surface area contributed by atoms with E-state index in [-0.39, 0.29) is 12.3 Å². The number of benzene rings is 2. The molecule has 0 aliphatic heterocycles. The molecule has 0 spiro atoms. The number of anilines is 1. The molecular formula is C15H13BrFNO2S. The Kier molecular flexibility index (Phi) is 5.64. The Balaban J connectivity index is 1.89. The maximum absolute atomic E-state index is 13.6. The lowest BCUT2D eigenvalue weighted by atomic mass is 10.3. The molecule has 0 atom stereocenters. The van der Waals surface area contributed by atoms with Crippen LogP contribution in [0.15, 0.2) is 51.8 Å². The molecule has 1 amide bonds. The van der Waals surface area contributed by atoms with Crippen LogP contribution in [0.3, 0.4) is 0 Å². The lowest BCUT2D eigenvalue weighted by Crippen LogP contribution is -2.20. The fourth-order valence-corrected chi connectivity index (χ4v) is 2.34. The maximum Gasteiger partial charge on any atom is 0.262 e. The standard InChI is InChI=1S/C15H13BrFNO2S/c1-21-12-5-3-11(4-6-12)20-9-15(19)18-14-7-2-10(16)8-13(14)17/h2-8H,9H2,1H3,(H,18,19). The van der Waals surface area contributed by atoms with Crippen LogP contribution in [-0.2, 0) is 4.79 Å². The van der Waals surface area contributed by atoms with Crippen LogP contribution in [0.25, 0.3) is 0 Å². The second-order valence-electron chi connectivity index (χ2n) is 4.14. The minimum atomic E-state index is -0.498. The van der Waals surface area contributed by atoms with Crippen LogP contribution in [0.4, 0.5) is 10.1 Å². The Bertz CT molecular complexity index is 634. The highest BCUT2D eigenvalue weighted by Gasteiger charge is 2.08. The first-order valence-electron chi connectivity index (χ1n) is 6.10. The van der Waals surface area contributed by atoms with Gasteiger partial charge in [-0.2, -0.15) is 0 Å². The van der Waals surface area contributed by atoms with Crippen LogP contribution >= 0.6 is 27.7 Å². The molecule has 110 valence electrons. The maximum atomic E-state index is 13.6. The third-order valence-corrected chi connectivity index (χ3v) is 3.87. The van der Waals surface area contributed by atoms with Gasteiger partial charge in [-0.3, -0.25) is 4.79 Å². The zero-order chi connectivity index (χ0) is 15.2. The van der Waals surface area contributed by atoms with Crippen LogP contribution < -0.4 is 10.1 Å². The number of carbonyl (C=O) groups excluding carboxylic acids is 1. The normalized spacial score (nSPS) is 10.2. The van der Waals surface area contributed by atoms with E-state index in [1.165, 1.54) is 12.1 Å². The molecule has 0 aromatic heterocycles. The largest absolute Gasteiger partial charge is 0.484 e. The number of hydrogen-bond donors (Lipinski definition) is 1. The lowest BCUT2D eigenvalue weighted by molar-refractivity contribution is -0.118. The molecule has 0 radical (unpaired) electrons. The molecule has 0 unspecified atom stereocenters. The summed E-state index contributed by atoms with van der Waals surface area (Å²) in [5.74, 6) is -0.313. The van der Waals surface area contributed by atoms with Crippen molar-refractivity contribution in [1.29, 1.82) is 0 Å². The second-order valence-corrected chi connectivity index (χ2v) is 5.93. The first-order chi connectivity index (χ1) is 10.1. The van der Waals surface area contributed by atoms with Crippen LogP contribution in [0.1, 0.15) is 0 Å². The summed E-state index contributed by atoms with van der Waals surface area (Å²) in [6.07, 6.45) is 1.98. The number of rotatable bonds is 5. The molecule has 0 aliphatic rings. The van der Waals surface area contributed by atoms with Gasteiger partial charge < -0.3 is 10.1 Å². The molecule has 6 heteroatoms. The Labute approximate surface area is 135 Å². The van der Waals surface area contributed by atoms with Gasteiger partial charge in [0.2, 0.25) is 0 Å². The first-order valence-corrected chi connectivity index (χ1v) is 8.12. The Morgan fingerprint density at radius 3 is 2.62 bits per heavy atom. The van der Waals surface area contributed by atoms with Crippen molar-refractivity contribution in [3.8, 4) is 5.75 Å². The highest BCUT2D eigenvalue weighted by molar-refractivity contribution is 9.10. The quantitative estimate of drug-likeness (QED) is 0.797. The van der Waals surface area contributed by atoms with Crippen molar-refractivity contribution in [3.63, 3.8) is 0 Å². The van der Waals surface area contributed by atoms with Crippen LogP contribution in [-0.4, -0.2) is 18.8 Å². The van der Waals surface area contributed by atoms with Crippen LogP contribution in [0.2, 0.25) is 0 Å². The second kappa shape index (κ2) is 7.47. The summed E-state index contributed by atoms with van der Waals surface area (Å²) >= 11 is 4.78. The van der Waals surface area contributed by atoms with E-state index in [2.05, 4.69) is 21.2 Å². The highest BCUT2D eigenvalue weighted by atomic mass is 79.9. The van der Waals surface area contributed by atoms with Crippen molar-refractivity contribution in [2.75, 3.05) is 18.2 Å². The summed E-state index contributed by atoms with van der Waals surface area (Å²) < 4.78 is 19.5. The molecule has 3 nitrogen and oxygen atoms in total. The van der Waals surface area contributed by atoms with Gasteiger partial charge in [0.05, 0.1) is 5.69 Å². The van der Waals surface area contributed by atoms with Crippen molar-refractivity contribution in [3.05, 3.63) is 52.8 Å². The summed E-state index contributed by atoms with van der Waals surface area (Å²) in [7, 11) is 0. The van der Waals surface area contributed by atoms with E-state index in [0.717, 1.165) is 4.90 Å². The van der Waals surface area contributed by atoms with Gasteiger partial charge in [-0.1, -0.05) is 15.9 Å². The van der Waals surface area contributed by atoms with Gasteiger partial charge in [-0.05, 0) is 48.7 Å². The zero-order valence-electron chi connectivity index (χ0n) is 11.2. The molecule has 0 aliphatic carbocycles. The summed E-state index contributed by atoms with van der Waals surface area (Å²) in [5, 5.41) is 2.47. The van der Waals surface area contributed by atoms with Crippen molar-refractivity contribution in [1.82, 2.24) is 0 Å². The SMILES string of the molecule is CSc1ccc(OCC(=O)Nc2ccc(Br)cc2F)cc1. The molecule has 0 heterocycles. The molecule has 0 bridgehead atoms. The topological polar surface area (TPSA) is 38.3 Å². The van der Waals surface area contributed by atoms with Crippen molar-refractivity contribution in [2.45, 2.75) is 4.90 Å². The first kappa shape index (κ1) is 15.9. The molecule has 2 aromatic rings. The number of carbonyl (C=O) groups is 1. The van der Waals surface area contributed by atoms with E-state index in [0.29, 0.717) is 10.2 Å². The van der Waals surface area contributed by atoms with Gasteiger partial charge in [0.15, 0.2) is 6.61 Å². The molecule has 21 heavy (non-hydrogen) atoms. The number of halogens is 2. The average molecular weight is 370 g/mol. The van der Waals surface area contributed by atoms with Gasteiger partial charge in [0.25, 0.3) is 5.91 Å². The molecule has 0 saturated carbocycles. The summed E-state index contributed by atoms with van der Waals surface area (Å²) in [5.41, 5.74) is 0.129. The summed E-state index contributed by atoms with van der Waals surface area (Å²) in [6, 6.07) is 11.8. The minimum absolute atomic E-state index is 0.129. The number of thioether (sulfide) groups is 1. The molecule has 0 saturated heterocycles. The molecule has 2 aromatic carbocycles. The Morgan fingerprint density at radius 1 is 1.29 bits per heavy atom. The molecule has 1 N–H and O–H groups in total. The number of nitrogens with one attached hydrogen (secondary N) is 1. The third kappa shape index (κ3) is 4.75. The van der Waals surface area contributed by atoms with Gasteiger partial charge in [0, 0.05) is 9.37 Å². The van der Waals surface area contributed by atoms with Gasteiger partial charge in [0.1, 0.15) is 11.6 Å². The third-order valence-electron chi connectivity index (χ3n) is 2.63. The Hall–Kier alpha value is -1.53. The predicted octanol–water partition coefficient (Wildman–Crippen LogP) is 4.33. The fourth-order valence-electron chi connectivity index (χ4n) is 1.60. The van der Waals surface area contributed by atoms with Crippen molar-refractivity contribution >= 4 is 39.3 Å². The van der Waals surface area contributed by atoms with Crippen molar-refractivity contribution in [2.24, 2.45) is 0 Å². The molecule has 2 rings (SSSR count). The van der Waals surface area contributed by atoms with Crippen LogP contribution in [0.5, 0.6) is 5.75 Å². The minimum Gasteiger partial charge on any atom is -0.484 e. The van der Waals surface area contributed by atoms with Crippen LogP contribution in [0, 0.1) is 5.82 Å². The smallest absolute Gasteiger partial charge is 0.262 e. The van der Waals surface area contributed by atoms with Crippen molar-refractivity contribution < 1.29 is 13.9 Å². The number of amides is 1. The van der Waals surface area contributed by atoms with E-state index in [9.17, 15) is 9.18 Å². The van der Waals surface area contributed by atoms with E-state index >= 15 is 0 Å². The summed E-state index contributed by atoms with van der Waals surface area (Å²) in [6.45, 7) is -0.173. The monoisotopic (exact) mass is 369 g/mol. The van der Waals surface area contributed by atoms with Gasteiger partial charge >= 0.3 is 0 Å². The average Bonchev–Trinajstić information content (AvgIpc) is 2.48. The molecular weight excluding hydrogens is 357 g/mol. The van der Waals surface area contributed by atoms with Gasteiger partial charge in [-0.15, -0.1) is 11.8 Å². The van der Waals surface area contributed by atoms with Gasteiger partial charge in [-0.25, -0.2) is 4.39 Å². The number of ether oxygens (including phenoxy) is 1. The molecule has 0 fully saturated rings. The zero-order valence-corrected chi connectivity index (χ0v) is 13.6. The predicted molar refractivity (Wildman–Crippen MR) is 86.4 cm³/mol. The highest BCUT2D eigenvalue weighted by Crippen LogP contribution is 2.20. The Morgan fingerprint density at radius 2 is 2.00 bits per heavy atom. The summed E-state index contributed by atoms with van der Waals surface area (Å²) in [4.78, 5) is 12.8. The van der Waals surface area contributed by atoms with E-state index in [1.807, 2.05) is 18.4 Å². The van der Waals surface area contributed by atoms with E-state index in [1.54, 1.807) is 30.0 Å². The van der Waals surface area contributed by atoms with E-state index < -0.39 is 11.7 Å². The fraction of sp³-hybridized carbons (Fsp3) is 0.133. The lowest BCUT2D eigenvalue weighted by Gasteiger charge is -2.08. The number of hydrogen-bond acceptors (Lipinski definition) is 3.